The monoisotopic (exact) mass is 409 g/mol. The second-order valence-electron chi connectivity index (χ2n) is 6.80. The summed E-state index contributed by atoms with van der Waals surface area (Å²) in [6, 6.07) is 14.9. The summed E-state index contributed by atoms with van der Waals surface area (Å²) in [6.07, 6.45) is 0. The highest BCUT2D eigenvalue weighted by Gasteiger charge is 2.13. The summed E-state index contributed by atoms with van der Waals surface area (Å²) in [5, 5.41) is 5.72. The van der Waals surface area contributed by atoms with Crippen LogP contribution in [0.15, 0.2) is 48.5 Å². The van der Waals surface area contributed by atoms with Crippen molar-refractivity contribution in [1.82, 2.24) is 9.88 Å². The van der Waals surface area contributed by atoms with Crippen LogP contribution in [0.5, 0.6) is 17.2 Å². The quantitative estimate of drug-likeness (QED) is 0.605. The predicted octanol–water partition coefficient (Wildman–Crippen LogP) is 4.44. The Morgan fingerprint density at radius 3 is 2.20 bits per heavy atom. The molecule has 1 aromatic heterocycles. The Balaban J connectivity index is 1.71. The highest BCUT2D eigenvalue weighted by molar-refractivity contribution is 5.91. The highest BCUT2D eigenvalue weighted by Crippen LogP contribution is 2.29. The lowest BCUT2D eigenvalue weighted by Gasteiger charge is -2.13. The van der Waals surface area contributed by atoms with E-state index in [1.807, 2.05) is 38.1 Å². The molecule has 0 unspecified atom stereocenters. The van der Waals surface area contributed by atoms with E-state index in [9.17, 15) is 4.79 Å². The zero-order valence-electron chi connectivity index (χ0n) is 17.9. The molecule has 7 heteroatoms. The molecule has 0 spiro atoms. The smallest absolute Gasteiger partial charge is 0.319 e. The van der Waals surface area contributed by atoms with Crippen LogP contribution in [0.1, 0.15) is 17.0 Å². The predicted molar refractivity (Wildman–Crippen MR) is 117 cm³/mol. The number of rotatable bonds is 7. The molecule has 3 rings (SSSR count). The third-order valence-corrected chi connectivity index (χ3v) is 4.96. The second-order valence-corrected chi connectivity index (χ2v) is 6.80. The minimum Gasteiger partial charge on any atom is -0.497 e. The van der Waals surface area contributed by atoms with Crippen molar-refractivity contribution in [3.8, 4) is 22.9 Å². The van der Waals surface area contributed by atoms with Crippen molar-refractivity contribution in [3.05, 3.63) is 65.5 Å². The summed E-state index contributed by atoms with van der Waals surface area (Å²) in [6.45, 7) is 4.48. The normalized spacial score (nSPS) is 10.4. The van der Waals surface area contributed by atoms with E-state index in [-0.39, 0.29) is 6.03 Å². The van der Waals surface area contributed by atoms with Gasteiger partial charge in [-0.25, -0.2) is 4.79 Å². The van der Waals surface area contributed by atoms with Gasteiger partial charge in [0.25, 0.3) is 0 Å². The lowest BCUT2D eigenvalue weighted by Crippen LogP contribution is -2.28. The van der Waals surface area contributed by atoms with Crippen LogP contribution >= 0.6 is 0 Å². The second kappa shape index (κ2) is 9.26. The highest BCUT2D eigenvalue weighted by atomic mass is 16.5. The van der Waals surface area contributed by atoms with Crippen molar-refractivity contribution >= 4 is 11.7 Å². The van der Waals surface area contributed by atoms with E-state index in [4.69, 9.17) is 14.2 Å². The molecule has 0 aliphatic carbocycles. The molecule has 3 aromatic rings. The number of carbonyl (C=O) groups excluding carboxylic acids is 1. The summed E-state index contributed by atoms with van der Waals surface area (Å²) in [5.41, 5.74) is 4.78. The van der Waals surface area contributed by atoms with Crippen LogP contribution < -0.4 is 24.8 Å². The molecule has 0 bridgehead atoms. The maximum Gasteiger partial charge on any atom is 0.319 e. The first-order valence-corrected chi connectivity index (χ1v) is 9.56. The van der Waals surface area contributed by atoms with Crippen LogP contribution in [-0.2, 0) is 6.54 Å². The number of anilines is 1. The largest absolute Gasteiger partial charge is 0.497 e. The van der Waals surface area contributed by atoms with E-state index in [2.05, 4.69) is 21.3 Å². The number of benzene rings is 2. The number of carbonyl (C=O) groups is 1. The van der Waals surface area contributed by atoms with Crippen molar-refractivity contribution in [2.45, 2.75) is 20.4 Å². The molecule has 2 aromatic carbocycles. The third-order valence-electron chi connectivity index (χ3n) is 4.96. The number of hydrogen-bond acceptors (Lipinski definition) is 4. The fourth-order valence-corrected chi connectivity index (χ4v) is 3.39. The summed E-state index contributed by atoms with van der Waals surface area (Å²) < 4.78 is 17.9. The summed E-state index contributed by atoms with van der Waals surface area (Å²) >= 11 is 0. The molecule has 2 amide bonds. The SMILES string of the molecule is COc1ccc(-n2c(C)cc(CNC(=O)Nc3cc(OC)ccc3OC)c2C)cc1. The maximum absolute atomic E-state index is 12.5. The topological polar surface area (TPSA) is 73.8 Å². The molecule has 1 heterocycles. The number of methoxy groups -OCH3 is 3. The lowest BCUT2D eigenvalue weighted by molar-refractivity contribution is 0.251. The molecular weight excluding hydrogens is 382 g/mol. The zero-order chi connectivity index (χ0) is 21.7. The fourth-order valence-electron chi connectivity index (χ4n) is 3.39. The van der Waals surface area contributed by atoms with Crippen LogP contribution in [0.4, 0.5) is 10.5 Å². The number of nitrogens with zero attached hydrogens (tertiary/aromatic N) is 1. The number of urea groups is 1. The summed E-state index contributed by atoms with van der Waals surface area (Å²) in [7, 11) is 4.78. The van der Waals surface area contributed by atoms with E-state index < -0.39 is 0 Å². The fraction of sp³-hybridized carbons (Fsp3) is 0.261. The first-order valence-electron chi connectivity index (χ1n) is 9.56. The van der Waals surface area contributed by atoms with Gasteiger partial charge in [-0.05, 0) is 61.9 Å². The van der Waals surface area contributed by atoms with Crippen LogP contribution in [0.25, 0.3) is 5.69 Å². The van der Waals surface area contributed by atoms with E-state index in [0.717, 1.165) is 28.4 Å². The van der Waals surface area contributed by atoms with Gasteiger partial charge in [0.05, 0.1) is 27.0 Å². The number of nitrogens with one attached hydrogen (secondary N) is 2. The van der Waals surface area contributed by atoms with Crippen LogP contribution in [0.2, 0.25) is 0 Å². The molecule has 158 valence electrons. The van der Waals surface area contributed by atoms with Gasteiger partial charge >= 0.3 is 6.03 Å². The Bertz CT molecular complexity index is 1030. The molecule has 0 saturated heterocycles. The van der Waals surface area contributed by atoms with Gasteiger partial charge in [-0.3, -0.25) is 0 Å². The molecule has 0 radical (unpaired) electrons. The average molecular weight is 409 g/mol. The Morgan fingerprint density at radius 2 is 1.57 bits per heavy atom. The average Bonchev–Trinajstić information content (AvgIpc) is 3.05. The third kappa shape index (κ3) is 4.51. The van der Waals surface area contributed by atoms with Gasteiger partial charge in [-0.15, -0.1) is 0 Å². The van der Waals surface area contributed by atoms with E-state index in [0.29, 0.717) is 23.7 Å². The number of ether oxygens (including phenoxy) is 3. The Kier molecular flexibility index (Phi) is 6.51. The molecule has 30 heavy (non-hydrogen) atoms. The molecule has 0 aliphatic rings. The Labute approximate surface area is 176 Å². The molecule has 0 fully saturated rings. The number of aromatic nitrogens is 1. The van der Waals surface area contributed by atoms with E-state index >= 15 is 0 Å². The van der Waals surface area contributed by atoms with Crippen molar-refractivity contribution in [2.75, 3.05) is 26.6 Å². The van der Waals surface area contributed by atoms with Crippen LogP contribution in [-0.4, -0.2) is 31.9 Å². The first-order chi connectivity index (χ1) is 14.5. The summed E-state index contributed by atoms with van der Waals surface area (Å²) in [5.74, 6) is 2.01. The van der Waals surface area contributed by atoms with Crippen LogP contribution in [0, 0.1) is 13.8 Å². The maximum atomic E-state index is 12.5. The van der Waals surface area contributed by atoms with Crippen molar-refractivity contribution in [3.63, 3.8) is 0 Å². The Hall–Kier alpha value is -3.61. The zero-order valence-corrected chi connectivity index (χ0v) is 17.9. The molecule has 0 atom stereocenters. The molecule has 0 aliphatic heterocycles. The van der Waals surface area contributed by atoms with Gasteiger partial charge in [0, 0.05) is 29.7 Å². The minimum atomic E-state index is -0.323. The van der Waals surface area contributed by atoms with Crippen molar-refractivity contribution in [1.29, 1.82) is 0 Å². The standard InChI is InChI=1S/C23H27N3O4/c1-15-12-17(16(2)26(15)18-6-8-19(28-3)9-7-18)14-24-23(27)25-21-13-20(29-4)10-11-22(21)30-5/h6-13H,14H2,1-5H3,(H2,24,25,27). The van der Waals surface area contributed by atoms with E-state index in [1.165, 1.54) is 0 Å². The molecule has 7 nitrogen and oxygen atoms in total. The van der Waals surface area contributed by atoms with Gasteiger partial charge in [0.15, 0.2) is 0 Å². The lowest BCUT2D eigenvalue weighted by atomic mass is 10.2. The Morgan fingerprint density at radius 1 is 0.900 bits per heavy atom. The van der Waals surface area contributed by atoms with E-state index in [1.54, 1.807) is 39.5 Å². The van der Waals surface area contributed by atoms with Gasteiger partial charge in [-0.2, -0.15) is 0 Å². The van der Waals surface area contributed by atoms with Gasteiger partial charge in [0.1, 0.15) is 17.2 Å². The molecule has 0 saturated carbocycles. The van der Waals surface area contributed by atoms with Crippen LogP contribution in [0.3, 0.4) is 0 Å². The molecule has 2 N–H and O–H groups in total. The summed E-state index contributed by atoms with van der Waals surface area (Å²) in [4.78, 5) is 12.5. The van der Waals surface area contributed by atoms with Crippen molar-refractivity contribution < 1.29 is 19.0 Å². The number of aryl methyl sites for hydroxylation is 1. The van der Waals surface area contributed by atoms with Crippen molar-refractivity contribution in [2.24, 2.45) is 0 Å². The number of amides is 2. The number of hydrogen-bond donors (Lipinski definition) is 2. The first kappa shape index (κ1) is 21.1. The minimum absolute atomic E-state index is 0.323. The molecular formula is C23H27N3O4. The van der Waals surface area contributed by atoms with Gasteiger partial charge in [-0.1, -0.05) is 0 Å². The van der Waals surface area contributed by atoms with Gasteiger partial charge in [0.2, 0.25) is 0 Å². The van der Waals surface area contributed by atoms with Gasteiger partial charge < -0.3 is 29.4 Å².